The van der Waals surface area contributed by atoms with Crippen molar-refractivity contribution in [2.75, 3.05) is 20.2 Å². The minimum Gasteiger partial charge on any atom is -0.480 e. The first-order chi connectivity index (χ1) is 4.16. The van der Waals surface area contributed by atoms with Crippen LogP contribution >= 0.6 is 0 Å². The van der Waals surface area contributed by atoms with Gasteiger partial charge in [0.15, 0.2) is 0 Å². The molecule has 0 saturated carbocycles. The van der Waals surface area contributed by atoms with Gasteiger partial charge in [0, 0.05) is 7.05 Å². The summed E-state index contributed by atoms with van der Waals surface area (Å²) in [6, 6.07) is 0. The van der Waals surface area contributed by atoms with Crippen molar-refractivity contribution in [2.24, 2.45) is 0 Å². The molecule has 1 N–H and O–H groups in total. The van der Waals surface area contributed by atoms with Gasteiger partial charge < -0.3 is 5.11 Å². The molecule has 0 spiro atoms. The molecule has 0 aliphatic rings. The van der Waals surface area contributed by atoms with Crippen LogP contribution in [0.4, 0.5) is 0 Å². The quantitative estimate of drug-likeness (QED) is 0.546. The highest BCUT2D eigenvalue weighted by atomic mass is 16.7. The van der Waals surface area contributed by atoms with Gasteiger partial charge in [-0.1, -0.05) is 0 Å². The molecule has 0 bridgehead atoms. The van der Waals surface area contributed by atoms with Crippen molar-refractivity contribution in [1.82, 2.24) is 5.06 Å². The van der Waals surface area contributed by atoms with Gasteiger partial charge in [-0.2, -0.15) is 5.06 Å². The molecular weight excluding hydrogens is 122 g/mol. The van der Waals surface area contributed by atoms with Crippen molar-refractivity contribution < 1.29 is 14.7 Å². The summed E-state index contributed by atoms with van der Waals surface area (Å²) in [7, 11) is 1.58. The summed E-state index contributed by atoms with van der Waals surface area (Å²) in [5.41, 5.74) is 0. The van der Waals surface area contributed by atoms with Crippen LogP contribution in [0.15, 0.2) is 0 Å². The second-order valence-electron chi connectivity index (χ2n) is 1.60. The van der Waals surface area contributed by atoms with Crippen molar-refractivity contribution in [3.8, 4) is 0 Å². The summed E-state index contributed by atoms with van der Waals surface area (Å²) in [6.07, 6.45) is 0. The van der Waals surface area contributed by atoms with Crippen LogP contribution in [0.25, 0.3) is 0 Å². The predicted molar refractivity (Wildman–Crippen MR) is 31.9 cm³/mol. The van der Waals surface area contributed by atoms with Crippen LogP contribution in [0.2, 0.25) is 0 Å². The lowest BCUT2D eigenvalue weighted by Gasteiger charge is -2.11. The fourth-order valence-electron chi connectivity index (χ4n) is 0.457. The zero-order chi connectivity index (χ0) is 7.28. The summed E-state index contributed by atoms with van der Waals surface area (Å²) in [5.74, 6) is -0.883. The third-order valence-electron chi connectivity index (χ3n) is 0.707. The third kappa shape index (κ3) is 5.26. The zero-order valence-electron chi connectivity index (χ0n) is 5.63. The van der Waals surface area contributed by atoms with Crippen LogP contribution in [0.1, 0.15) is 6.92 Å². The fourth-order valence-corrected chi connectivity index (χ4v) is 0.457. The number of hydrogen-bond acceptors (Lipinski definition) is 3. The standard InChI is InChI=1S/C5H11NO3/c1-3-9-6(2)4-5(7)8/h3-4H2,1-2H3,(H,7,8). The monoisotopic (exact) mass is 133 g/mol. The molecule has 54 valence electrons. The molecule has 0 aliphatic carbocycles. The Morgan fingerprint density at radius 2 is 2.33 bits per heavy atom. The van der Waals surface area contributed by atoms with Gasteiger partial charge >= 0.3 is 5.97 Å². The Hall–Kier alpha value is -0.610. The molecule has 0 fully saturated rings. The Bertz CT molecular complexity index is 94.2. The van der Waals surface area contributed by atoms with E-state index in [1.54, 1.807) is 14.0 Å². The van der Waals surface area contributed by atoms with Gasteiger partial charge in [0.05, 0.1) is 6.61 Å². The Kier molecular flexibility index (Phi) is 4.00. The van der Waals surface area contributed by atoms with E-state index in [1.165, 1.54) is 5.06 Å². The first-order valence-electron chi connectivity index (χ1n) is 2.72. The topological polar surface area (TPSA) is 49.8 Å². The number of likely N-dealkylation sites (N-methyl/N-ethyl adjacent to an activating group) is 1. The minimum atomic E-state index is -0.883. The van der Waals surface area contributed by atoms with E-state index in [-0.39, 0.29) is 6.54 Å². The molecule has 0 aliphatic heterocycles. The molecule has 0 saturated heterocycles. The highest BCUT2D eigenvalue weighted by molar-refractivity contribution is 5.68. The number of aliphatic carboxylic acids is 1. The van der Waals surface area contributed by atoms with Gasteiger partial charge in [-0.05, 0) is 6.92 Å². The van der Waals surface area contributed by atoms with E-state index in [2.05, 4.69) is 0 Å². The first-order valence-corrected chi connectivity index (χ1v) is 2.72. The molecule has 4 heteroatoms. The van der Waals surface area contributed by atoms with E-state index in [0.717, 1.165) is 0 Å². The molecular formula is C5H11NO3. The fraction of sp³-hybridized carbons (Fsp3) is 0.800. The van der Waals surface area contributed by atoms with E-state index in [4.69, 9.17) is 9.94 Å². The molecule has 0 radical (unpaired) electrons. The SMILES string of the molecule is CCON(C)CC(=O)O. The van der Waals surface area contributed by atoms with E-state index in [1.807, 2.05) is 0 Å². The van der Waals surface area contributed by atoms with Gasteiger partial charge in [0.1, 0.15) is 6.54 Å². The number of carboxylic acids is 1. The normalized spacial score (nSPS) is 10.1. The molecule has 0 aromatic rings. The number of nitrogens with zero attached hydrogens (tertiary/aromatic N) is 1. The Balaban J connectivity index is 3.26. The number of rotatable bonds is 4. The second kappa shape index (κ2) is 4.29. The molecule has 0 aromatic heterocycles. The molecule has 0 rings (SSSR count). The highest BCUT2D eigenvalue weighted by Gasteiger charge is 2.01. The summed E-state index contributed by atoms with van der Waals surface area (Å²) in [5, 5.41) is 9.47. The van der Waals surface area contributed by atoms with E-state index >= 15 is 0 Å². The Labute approximate surface area is 54.0 Å². The van der Waals surface area contributed by atoms with E-state index in [0.29, 0.717) is 6.61 Å². The van der Waals surface area contributed by atoms with Crippen molar-refractivity contribution >= 4 is 5.97 Å². The van der Waals surface area contributed by atoms with E-state index in [9.17, 15) is 4.79 Å². The van der Waals surface area contributed by atoms with Crippen molar-refractivity contribution in [2.45, 2.75) is 6.92 Å². The molecule has 9 heavy (non-hydrogen) atoms. The van der Waals surface area contributed by atoms with Crippen molar-refractivity contribution in [3.05, 3.63) is 0 Å². The second-order valence-corrected chi connectivity index (χ2v) is 1.60. The molecule has 0 atom stereocenters. The zero-order valence-corrected chi connectivity index (χ0v) is 5.63. The lowest BCUT2D eigenvalue weighted by atomic mass is 10.7. The summed E-state index contributed by atoms with van der Waals surface area (Å²) < 4.78 is 0. The number of carbonyl (C=O) groups is 1. The number of hydroxylamine groups is 2. The lowest BCUT2D eigenvalue weighted by Crippen LogP contribution is -2.25. The number of hydrogen-bond donors (Lipinski definition) is 1. The third-order valence-corrected chi connectivity index (χ3v) is 0.707. The Morgan fingerprint density at radius 1 is 1.78 bits per heavy atom. The summed E-state index contributed by atoms with van der Waals surface area (Å²) in [4.78, 5) is 14.8. The predicted octanol–water partition coefficient (Wildman–Crippen LogP) is -0.0457. The maximum absolute atomic E-state index is 9.96. The lowest BCUT2D eigenvalue weighted by molar-refractivity contribution is -0.164. The van der Waals surface area contributed by atoms with Crippen LogP contribution in [0, 0.1) is 0 Å². The van der Waals surface area contributed by atoms with Crippen LogP contribution in [0.5, 0.6) is 0 Å². The highest BCUT2D eigenvalue weighted by Crippen LogP contribution is 1.82. The Morgan fingerprint density at radius 3 is 2.67 bits per heavy atom. The van der Waals surface area contributed by atoms with Crippen molar-refractivity contribution in [1.29, 1.82) is 0 Å². The molecule has 0 heterocycles. The largest absolute Gasteiger partial charge is 0.480 e. The molecule has 4 nitrogen and oxygen atoms in total. The van der Waals surface area contributed by atoms with E-state index < -0.39 is 5.97 Å². The van der Waals surface area contributed by atoms with Gasteiger partial charge in [0.2, 0.25) is 0 Å². The van der Waals surface area contributed by atoms with Crippen LogP contribution < -0.4 is 0 Å². The number of carboxylic acid groups (broad SMARTS) is 1. The summed E-state index contributed by atoms with van der Waals surface area (Å²) in [6.45, 7) is 2.23. The van der Waals surface area contributed by atoms with Crippen LogP contribution in [-0.2, 0) is 9.63 Å². The first kappa shape index (κ1) is 8.39. The molecule has 0 amide bonds. The minimum absolute atomic E-state index is 0.0756. The van der Waals surface area contributed by atoms with Gasteiger partial charge in [0.25, 0.3) is 0 Å². The smallest absolute Gasteiger partial charge is 0.320 e. The van der Waals surface area contributed by atoms with Gasteiger partial charge in [-0.25, -0.2) is 0 Å². The van der Waals surface area contributed by atoms with Crippen LogP contribution in [-0.4, -0.2) is 36.3 Å². The van der Waals surface area contributed by atoms with Gasteiger partial charge in [-0.3, -0.25) is 9.63 Å². The van der Waals surface area contributed by atoms with Crippen LogP contribution in [0.3, 0.4) is 0 Å². The molecule has 0 aromatic carbocycles. The van der Waals surface area contributed by atoms with Crippen molar-refractivity contribution in [3.63, 3.8) is 0 Å². The molecule has 0 unspecified atom stereocenters. The maximum atomic E-state index is 9.96. The average Bonchev–Trinajstić information content (AvgIpc) is 1.63. The average molecular weight is 133 g/mol. The maximum Gasteiger partial charge on any atom is 0.320 e. The summed E-state index contributed by atoms with van der Waals surface area (Å²) >= 11 is 0. The van der Waals surface area contributed by atoms with Gasteiger partial charge in [-0.15, -0.1) is 0 Å².